The molecule has 24 heavy (non-hydrogen) atoms. The van der Waals surface area contributed by atoms with E-state index in [1.807, 2.05) is 12.1 Å². The summed E-state index contributed by atoms with van der Waals surface area (Å²) in [6, 6.07) is 16.7. The van der Waals surface area contributed by atoms with E-state index in [2.05, 4.69) is 54.3 Å². The zero-order chi connectivity index (χ0) is 16.8. The highest BCUT2D eigenvalue weighted by atomic mass is 32.1. The zero-order valence-corrected chi connectivity index (χ0v) is 14.6. The molecule has 0 atom stereocenters. The van der Waals surface area contributed by atoms with Crippen molar-refractivity contribution < 1.29 is 9.53 Å². The molecule has 0 spiro atoms. The van der Waals surface area contributed by atoms with Crippen molar-refractivity contribution in [2.45, 2.75) is 25.2 Å². The largest absolute Gasteiger partial charge is 0.449 e. The summed E-state index contributed by atoms with van der Waals surface area (Å²) in [4.78, 5) is 11.9. The van der Waals surface area contributed by atoms with Gasteiger partial charge in [-0.25, -0.2) is 4.79 Å². The molecule has 0 fully saturated rings. The molecule has 1 aliphatic rings. The summed E-state index contributed by atoms with van der Waals surface area (Å²) < 4.78 is 5.48. The van der Waals surface area contributed by atoms with Crippen LogP contribution in [0.1, 0.15) is 36.3 Å². The lowest BCUT2D eigenvalue weighted by Gasteiger charge is -2.14. The van der Waals surface area contributed by atoms with Gasteiger partial charge in [-0.15, -0.1) is 0 Å². The molecule has 0 unspecified atom stereocenters. The van der Waals surface area contributed by atoms with Crippen LogP contribution in [0.25, 0.3) is 11.1 Å². The maximum atomic E-state index is 11.9. The molecule has 0 saturated heterocycles. The summed E-state index contributed by atoms with van der Waals surface area (Å²) in [5.41, 5.74) is 4.96. The monoisotopic (exact) mass is 341 g/mol. The first-order valence-electron chi connectivity index (χ1n) is 8.51. The van der Waals surface area contributed by atoms with Crippen molar-refractivity contribution in [1.29, 1.82) is 0 Å². The zero-order valence-electron chi connectivity index (χ0n) is 13.7. The van der Waals surface area contributed by atoms with Crippen molar-refractivity contribution in [2.75, 3.05) is 18.9 Å². The van der Waals surface area contributed by atoms with Crippen molar-refractivity contribution in [3.8, 4) is 11.1 Å². The summed E-state index contributed by atoms with van der Waals surface area (Å²) in [7, 11) is 0. The van der Waals surface area contributed by atoms with Gasteiger partial charge >= 0.3 is 6.09 Å². The molecule has 0 bridgehead atoms. The van der Waals surface area contributed by atoms with E-state index in [0.717, 1.165) is 25.0 Å². The van der Waals surface area contributed by atoms with Gasteiger partial charge in [0, 0.05) is 12.5 Å². The smallest absolute Gasteiger partial charge is 0.407 e. The molecule has 4 heteroatoms. The van der Waals surface area contributed by atoms with Crippen molar-refractivity contribution in [3.05, 3.63) is 59.7 Å². The van der Waals surface area contributed by atoms with E-state index in [-0.39, 0.29) is 12.0 Å². The molecule has 3 rings (SSSR count). The van der Waals surface area contributed by atoms with Gasteiger partial charge in [-0.2, -0.15) is 12.6 Å². The molecule has 1 aliphatic carbocycles. The first-order chi connectivity index (χ1) is 11.8. The predicted octanol–water partition coefficient (Wildman–Crippen LogP) is 4.63. The Balaban J connectivity index is 1.58. The minimum absolute atomic E-state index is 0.118. The lowest BCUT2D eigenvalue weighted by Crippen LogP contribution is -2.27. The Bertz CT molecular complexity index is 656. The summed E-state index contributed by atoms with van der Waals surface area (Å²) >= 11 is 4.18. The van der Waals surface area contributed by atoms with E-state index < -0.39 is 0 Å². The average Bonchev–Trinajstić information content (AvgIpc) is 2.94. The lowest BCUT2D eigenvalue weighted by atomic mass is 9.98. The van der Waals surface area contributed by atoms with E-state index in [4.69, 9.17) is 4.74 Å². The lowest BCUT2D eigenvalue weighted by molar-refractivity contribution is 0.143. The number of amides is 1. The molecule has 0 aliphatic heterocycles. The molecule has 0 saturated carbocycles. The Morgan fingerprint density at radius 3 is 2.21 bits per heavy atom. The number of benzene rings is 2. The molecule has 2 aromatic rings. The Labute approximate surface area is 148 Å². The number of rotatable bonds is 7. The number of thiol groups is 1. The number of alkyl carbamates (subject to hydrolysis) is 1. The third kappa shape index (κ3) is 3.75. The van der Waals surface area contributed by atoms with Crippen LogP contribution in [0, 0.1) is 0 Å². The van der Waals surface area contributed by atoms with Crippen LogP contribution < -0.4 is 5.32 Å². The van der Waals surface area contributed by atoms with Gasteiger partial charge in [0.2, 0.25) is 0 Å². The highest BCUT2D eigenvalue weighted by Crippen LogP contribution is 2.44. The number of hydrogen-bond donors (Lipinski definition) is 2. The Morgan fingerprint density at radius 2 is 1.58 bits per heavy atom. The van der Waals surface area contributed by atoms with Crippen molar-refractivity contribution in [2.24, 2.45) is 0 Å². The standard InChI is InChI=1S/C20H23NO2S/c22-20(21-12-6-1-7-13-24)23-14-19-17-10-4-2-8-15(17)16-9-3-5-11-18(16)19/h2-5,8-11,19,24H,1,6-7,12-14H2,(H,21,22). The Kier molecular flexibility index (Phi) is 5.81. The summed E-state index contributed by atoms with van der Waals surface area (Å²) in [6.45, 7) is 1.03. The fourth-order valence-corrected chi connectivity index (χ4v) is 3.48. The third-order valence-electron chi connectivity index (χ3n) is 4.45. The maximum absolute atomic E-state index is 11.9. The molecule has 3 nitrogen and oxygen atoms in total. The van der Waals surface area contributed by atoms with E-state index in [9.17, 15) is 4.79 Å². The van der Waals surface area contributed by atoms with Gasteiger partial charge in [-0.05, 0) is 40.8 Å². The van der Waals surface area contributed by atoms with Crippen LogP contribution in [-0.4, -0.2) is 25.0 Å². The number of fused-ring (bicyclic) bond motifs is 3. The van der Waals surface area contributed by atoms with Crippen LogP contribution in [-0.2, 0) is 4.74 Å². The predicted molar refractivity (Wildman–Crippen MR) is 101 cm³/mol. The second-order valence-electron chi connectivity index (χ2n) is 6.04. The quantitative estimate of drug-likeness (QED) is 0.569. The number of carbonyl (C=O) groups is 1. The summed E-state index contributed by atoms with van der Waals surface area (Å²) in [6.07, 6.45) is 2.79. The van der Waals surface area contributed by atoms with Gasteiger partial charge in [0.05, 0.1) is 0 Å². The van der Waals surface area contributed by atoms with Crippen molar-refractivity contribution >= 4 is 18.7 Å². The maximum Gasteiger partial charge on any atom is 0.407 e. The van der Waals surface area contributed by atoms with Gasteiger partial charge in [-0.1, -0.05) is 55.0 Å². The van der Waals surface area contributed by atoms with Crippen molar-refractivity contribution in [1.82, 2.24) is 5.32 Å². The summed E-state index contributed by atoms with van der Waals surface area (Å²) in [5.74, 6) is 1.01. The van der Waals surface area contributed by atoms with E-state index >= 15 is 0 Å². The van der Waals surface area contributed by atoms with Crippen LogP contribution >= 0.6 is 12.6 Å². The van der Waals surface area contributed by atoms with Crippen LogP contribution in [0.15, 0.2) is 48.5 Å². The first-order valence-corrected chi connectivity index (χ1v) is 9.14. The third-order valence-corrected chi connectivity index (χ3v) is 4.76. The molecule has 126 valence electrons. The average molecular weight is 341 g/mol. The number of nitrogens with one attached hydrogen (secondary N) is 1. The molecule has 0 radical (unpaired) electrons. The molecule has 1 N–H and O–H groups in total. The van der Waals surface area contributed by atoms with Gasteiger partial charge in [0.25, 0.3) is 0 Å². The van der Waals surface area contributed by atoms with Crippen LogP contribution in [0.5, 0.6) is 0 Å². The first kappa shape index (κ1) is 16.9. The van der Waals surface area contributed by atoms with E-state index in [1.165, 1.54) is 22.3 Å². The fourth-order valence-electron chi connectivity index (χ4n) is 3.25. The highest BCUT2D eigenvalue weighted by molar-refractivity contribution is 7.80. The minimum atomic E-state index is -0.331. The molecule has 0 heterocycles. The molecule has 0 aromatic heterocycles. The highest BCUT2D eigenvalue weighted by Gasteiger charge is 2.28. The van der Waals surface area contributed by atoms with Crippen LogP contribution in [0.2, 0.25) is 0 Å². The second-order valence-corrected chi connectivity index (χ2v) is 6.48. The molecule has 1 amide bonds. The molecular weight excluding hydrogens is 318 g/mol. The number of carbonyl (C=O) groups excluding carboxylic acids is 1. The SMILES string of the molecule is O=C(NCCCCCS)OCC1c2ccccc2-c2ccccc21. The van der Waals surface area contributed by atoms with Crippen molar-refractivity contribution in [3.63, 3.8) is 0 Å². The minimum Gasteiger partial charge on any atom is -0.449 e. The normalized spacial score (nSPS) is 12.5. The number of unbranched alkanes of at least 4 members (excludes halogenated alkanes) is 2. The van der Waals surface area contributed by atoms with Gasteiger partial charge in [0.1, 0.15) is 6.61 Å². The van der Waals surface area contributed by atoms with Crippen LogP contribution in [0.4, 0.5) is 4.79 Å². The molecule has 2 aromatic carbocycles. The van der Waals surface area contributed by atoms with Gasteiger partial charge in [-0.3, -0.25) is 0 Å². The van der Waals surface area contributed by atoms with Crippen LogP contribution in [0.3, 0.4) is 0 Å². The van der Waals surface area contributed by atoms with E-state index in [0.29, 0.717) is 13.2 Å². The van der Waals surface area contributed by atoms with Gasteiger partial charge < -0.3 is 10.1 Å². The fraction of sp³-hybridized carbons (Fsp3) is 0.350. The van der Waals surface area contributed by atoms with Gasteiger partial charge in [0.15, 0.2) is 0 Å². The van der Waals surface area contributed by atoms with E-state index in [1.54, 1.807) is 0 Å². The topological polar surface area (TPSA) is 38.3 Å². The Morgan fingerprint density at radius 1 is 0.958 bits per heavy atom. The number of ether oxygens (including phenoxy) is 1. The second kappa shape index (κ2) is 8.25. The Hall–Kier alpha value is -1.94. The molecular formula is C20H23NO2S. The summed E-state index contributed by atoms with van der Waals surface area (Å²) in [5, 5.41) is 2.83. The number of hydrogen-bond acceptors (Lipinski definition) is 3.